The Labute approximate surface area is 121 Å². The molecule has 1 aliphatic rings. The summed E-state index contributed by atoms with van der Waals surface area (Å²) in [6.07, 6.45) is 15.8. The lowest BCUT2D eigenvalue weighted by Crippen LogP contribution is -2.34. The molecule has 0 saturated heterocycles. The minimum absolute atomic E-state index is 0.0314. The van der Waals surface area contributed by atoms with Gasteiger partial charge in [0.05, 0.1) is 0 Å². The van der Waals surface area contributed by atoms with E-state index in [1.165, 1.54) is 70.1 Å². The standard InChI is InChI=1S/C17H34OSi/c1-19(2,3)16-17(15-18)13-11-9-7-5-4-6-8-10-12-14-17/h15H,4-14,16H2,1-3H3. The second-order valence-electron chi connectivity index (χ2n) is 7.90. The second-order valence-corrected chi connectivity index (χ2v) is 13.4. The molecule has 0 aliphatic heterocycles. The van der Waals surface area contributed by atoms with E-state index in [1.807, 2.05) is 0 Å². The molecule has 0 bridgehead atoms. The van der Waals surface area contributed by atoms with Crippen molar-refractivity contribution in [3.8, 4) is 0 Å². The third kappa shape index (κ3) is 7.29. The van der Waals surface area contributed by atoms with Crippen LogP contribution < -0.4 is 0 Å². The molecule has 1 fully saturated rings. The average molecular weight is 283 g/mol. The van der Waals surface area contributed by atoms with Gasteiger partial charge < -0.3 is 4.79 Å². The van der Waals surface area contributed by atoms with Crippen LogP contribution in [0.2, 0.25) is 25.7 Å². The van der Waals surface area contributed by atoms with Crippen molar-refractivity contribution in [1.29, 1.82) is 0 Å². The Morgan fingerprint density at radius 3 is 1.47 bits per heavy atom. The highest BCUT2D eigenvalue weighted by Gasteiger charge is 2.34. The number of aldehydes is 1. The Morgan fingerprint density at radius 1 is 0.789 bits per heavy atom. The lowest BCUT2D eigenvalue weighted by Gasteiger charge is -2.34. The van der Waals surface area contributed by atoms with Gasteiger partial charge in [0, 0.05) is 13.5 Å². The summed E-state index contributed by atoms with van der Waals surface area (Å²) in [7, 11) is -1.16. The smallest absolute Gasteiger partial charge is 0.125 e. The zero-order valence-electron chi connectivity index (χ0n) is 13.5. The zero-order valence-corrected chi connectivity index (χ0v) is 14.5. The Hall–Kier alpha value is -0.113. The van der Waals surface area contributed by atoms with Gasteiger partial charge in [-0.1, -0.05) is 77.4 Å². The fourth-order valence-electron chi connectivity index (χ4n) is 3.71. The Kier molecular flexibility index (Phi) is 7.34. The van der Waals surface area contributed by atoms with Crippen molar-refractivity contribution in [2.75, 3.05) is 0 Å². The van der Waals surface area contributed by atoms with Crippen LogP contribution in [0, 0.1) is 5.41 Å². The molecule has 1 rings (SSSR count). The quantitative estimate of drug-likeness (QED) is 0.471. The van der Waals surface area contributed by atoms with Crippen molar-refractivity contribution < 1.29 is 4.79 Å². The molecule has 112 valence electrons. The van der Waals surface area contributed by atoms with Crippen molar-refractivity contribution in [3.05, 3.63) is 0 Å². The first-order valence-corrected chi connectivity index (χ1v) is 12.1. The third-order valence-electron chi connectivity index (χ3n) is 4.48. The molecule has 1 nitrogen and oxygen atoms in total. The van der Waals surface area contributed by atoms with Crippen molar-refractivity contribution >= 4 is 14.4 Å². The van der Waals surface area contributed by atoms with E-state index in [0.29, 0.717) is 0 Å². The first-order valence-electron chi connectivity index (χ1n) is 8.44. The maximum Gasteiger partial charge on any atom is 0.125 e. The van der Waals surface area contributed by atoms with E-state index >= 15 is 0 Å². The van der Waals surface area contributed by atoms with Crippen molar-refractivity contribution in [1.82, 2.24) is 0 Å². The largest absolute Gasteiger partial charge is 0.303 e. The normalized spacial score (nSPS) is 23.1. The van der Waals surface area contributed by atoms with E-state index in [1.54, 1.807) is 0 Å². The highest BCUT2D eigenvalue weighted by molar-refractivity contribution is 6.76. The zero-order chi connectivity index (χ0) is 14.2. The van der Waals surface area contributed by atoms with E-state index < -0.39 is 8.07 Å². The average Bonchev–Trinajstić information content (AvgIpc) is 2.31. The van der Waals surface area contributed by atoms with Gasteiger partial charge in [-0.25, -0.2) is 0 Å². The minimum atomic E-state index is -1.16. The molecule has 0 amide bonds. The number of hydrogen-bond acceptors (Lipinski definition) is 1. The van der Waals surface area contributed by atoms with Gasteiger partial charge in [0.2, 0.25) is 0 Å². The summed E-state index contributed by atoms with van der Waals surface area (Å²) in [6, 6.07) is 1.20. The molecule has 0 aromatic carbocycles. The molecule has 0 unspecified atom stereocenters. The Bertz CT molecular complexity index is 242. The van der Waals surface area contributed by atoms with Gasteiger partial charge in [-0.05, 0) is 18.9 Å². The van der Waals surface area contributed by atoms with Gasteiger partial charge in [0.25, 0.3) is 0 Å². The molecule has 0 spiro atoms. The molecule has 0 atom stereocenters. The first-order chi connectivity index (χ1) is 8.97. The Balaban J connectivity index is 2.63. The summed E-state index contributed by atoms with van der Waals surface area (Å²) < 4.78 is 0. The molecule has 0 radical (unpaired) electrons. The summed E-state index contributed by atoms with van der Waals surface area (Å²) in [5.41, 5.74) is 0.0314. The van der Waals surface area contributed by atoms with Gasteiger partial charge in [-0.3, -0.25) is 0 Å². The van der Waals surface area contributed by atoms with Crippen LogP contribution in [0.25, 0.3) is 0 Å². The number of carbonyl (C=O) groups is 1. The molecule has 1 aliphatic carbocycles. The first kappa shape index (κ1) is 16.9. The molecule has 2 heteroatoms. The molecule has 19 heavy (non-hydrogen) atoms. The van der Waals surface area contributed by atoms with Gasteiger partial charge in [0.15, 0.2) is 0 Å². The predicted molar refractivity (Wildman–Crippen MR) is 87.4 cm³/mol. The topological polar surface area (TPSA) is 17.1 Å². The Morgan fingerprint density at radius 2 is 1.16 bits per heavy atom. The summed E-state index contributed by atoms with van der Waals surface area (Å²) in [5.74, 6) is 0. The van der Waals surface area contributed by atoms with E-state index in [-0.39, 0.29) is 5.41 Å². The molecule has 0 heterocycles. The summed E-state index contributed by atoms with van der Waals surface area (Å²) in [5, 5.41) is 0. The van der Waals surface area contributed by atoms with Crippen LogP contribution in [0.3, 0.4) is 0 Å². The van der Waals surface area contributed by atoms with Crippen molar-refractivity contribution in [3.63, 3.8) is 0 Å². The summed E-state index contributed by atoms with van der Waals surface area (Å²) in [6.45, 7) is 7.23. The fourth-order valence-corrected chi connectivity index (χ4v) is 6.26. The van der Waals surface area contributed by atoms with E-state index in [9.17, 15) is 4.79 Å². The highest BCUT2D eigenvalue weighted by Crippen LogP contribution is 2.38. The van der Waals surface area contributed by atoms with Crippen LogP contribution in [0.5, 0.6) is 0 Å². The molecular formula is C17H34OSi. The maximum absolute atomic E-state index is 11.8. The molecule has 0 aromatic rings. The van der Waals surface area contributed by atoms with Gasteiger partial charge in [0.1, 0.15) is 6.29 Å². The van der Waals surface area contributed by atoms with E-state index in [0.717, 1.165) is 12.8 Å². The van der Waals surface area contributed by atoms with E-state index in [4.69, 9.17) is 0 Å². The number of carbonyl (C=O) groups excluding carboxylic acids is 1. The number of rotatable bonds is 3. The van der Waals surface area contributed by atoms with Crippen LogP contribution in [-0.4, -0.2) is 14.4 Å². The number of hydrogen-bond donors (Lipinski definition) is 0. The summed E-state index contributed by atoms with van der Waals surface area (Å²) in [4.78, 5) is 11.8. The molecule has 0 N–H and O–H groups in total. The van der Waals surface area contributed by atoms with Crippen molar-refractivity contribution in [2.45, 2.75) is 96.3 Å². The van der Waals surface area contributed by atoms with Gasteiger partial charge in [-0.2, -0.15) is 0 Å². The SMILES string of the molecule is C[Si](C)(C)CC1(C=O)CCCCCCCCCCC1. The fraction of sp³-hybridized carbons (Fsp3) is 0.941. The molecule has 0 aromatic heterocycles. The maximum atomic E-state index is 11.8. The van der Waals surface area contributed by atoms with Gasteiger partial charge in [-0.15, -0.1) is 0 Å². The van der Waals surface area contributed by atoms with Gasteiger partial charge >= 0.3 is 0 Å². The lowest BCUT2D eigenvalue weighted by molar-refractivity contribution is -0.116. The monoisotopic (exact) mass is 282 g/mol. The highest BCUT2D eigenvalue weighted by atomic mass is 28.3. The van der Waals surface area contributed by atoms with Crippen molar-refractivity contribution in [2.24, 2.45) is 5.41 Å². The van der Waals surface area contributed by atoms with E-state index in [2.05, 4.69) is 19.6 Å². The minimum Gasteiger partial charge on any atom is -0.303 e. The second kappa shape index (κ2) is 8.24. The predicted octanol–water partition coefficient (Wildman–Crippen LogP) is 5.81. The third-order valence-corrected chi connectivity index (χ3v) is 6.25. The van der Waals surface area contributed by atoms with Crippen LogP contribution in [0.1, 0.15) is 70.6 Å². The molecule has 1 saturated carbocycles. The molecular weight excluding hydrogens is 248 g/mol. The lowest BCUT2D eigenvalue weighted by atomic mass is 9.80. The summed E-state index contributed by atoms with van der Waals surface area (Å²) >= 11 is 0. The van der Waals surface area contributed by atoms with Crippen LogP contribution in [0.15, 0.2) is 0 Å². The van der Waals surface area contributed by atoms with Crippen LogP contribution in [0.4, 0.5) is 0 Å². The van der Waals surface area contributed by atoms with Crippen LogP contribution in [-0.2, 0) is 4.79 Å². The van der Waals surface area contributed by atoms with Crippen LogP contribution >= 0.6 is 0 Å².